The summed E-state index contributed by atoms with van der Waals surface area (Å²) in [5.74, 6) is 4.23. The van der Waals surface area contributed by atoms with Crippen LogP contribution in [0.1, 0.15) is 229 Å². The van der Waals surface area contributed by atoms with Gasteiger partial charge in [-0.15, -0.1) is 0 Å². The number of benzene rings is 1. The normalized spacial score (nSPS) is 24.9. The van der Waals surface area contributed by atoms with Crippen LogP contribution in [-0.2, 0) is 24.7 Å². The molecule has 5 fully saturated rings. The SMILES string of the molecule is C.C.C.C.C.C.CCC(C)(C)C(=O)OC1(C(C)C)C2CC3CC(C2)CC1C3.CCC(C)(C)C(=O)OC1(C(C)C)CCCC1.CCC(C)c1ccc(C(C)(O)C(F)(F)F)cc1. The van der Waals surface area contributed by atoms with Crippen LogP contribution >= 0.6 is 0 Å². The number of carbonyl (C=O) groups excluding carboxylic acids is 2. The van der Waals surface area contributed by atoms with E-state index in [4.69, 9.17) is 9.47 Å². The second-order valence-electron chi connectivity index (χ2n) is 19.5. The minimum atomic E-state index is -4.66. The third-order valence-electron chi connectivity index (χ3n) is 14.5. The molecule has 1 aromatic carbocycles. The number of halogens is 3. The highest BCUT2D eigenvalue weighted by Crippen LogP contribution is 2.62. The zero-order valence-corrected chi connectivity index (χ0v) is 36.1. The molecule has 5 aliphatic rings. The van der Waals surface area contributed by atoms with Gasteiger partial charge in [-0.05, 0) is 164 Å². The molecule has 4 bridgehead atoms. The first-order chi connectivity index (χ1) is 24.8. The molecule has 8 heteroatoms. The van der Waals surface area contributed by atoms with E-state index in [9.17, 15) is 27.9 Å². The summed E-state index contributed by atoms with van der Waals surface area (Å²) in [6.45, 7) is 25.8. The Hall–Kier alpha value is -2.09. The topological polar surface area (TPSA) is 72.8 Å². The lowest BCUT2D eigenvalue weighted by Crippen LogP contribution is -2.63. The average Bonchev–Trinajstić information content (AvgIpc) is 3.59. The fourth-order valence-electron chi connectivity index (χ4n) is 9.36. The Morgan fingerprint density at radius 2 is 1.05 bits per heavy atom. The van der Waals surface area contributed by atoms with E-state index in [0.717, 1.165) is 56.4 Å². The Morgan fingerprint density at radius 3 is 1.37 bits per heavy atom. The Kier molecular flexibility index (Phi) is 26.5. The lowest BCUT2D eigenvalue weighted by Gasteiger charge is -2.62. The van der Waals surface area contributed by atoms with E-state index in [1.165, 1.54) is 57.1 Å². The van der Waals surface area contributed by atoms with Crippen molar-refractivity contribution in [3.05, 3.63) is 35.4 Å². The molecule has 1 N–H and O–H groups in total. The van der Waals surface area contributed by atoms with Gasteiger partial charge < -0.3 is 14.6 Å². The van der Waals surface area contributed by atoms with Gasteiger partial charge in [0.15, 0.2) is 5.60 Å². The molecule has 0 amide bonds. The molecular weight excluding hydrogens is 762 g/mol. The molecule has 5 saturated carbocycles. The van der Waals surface area contributed by atoms with Crippen LogP contribution in [0.3, 0.4) is 0 Å². The summed E-state index contributed by atoms with van der Waals surface area (Å²) in [7, 11) is 0. The summed E-state index contributed by atoms with van der Waals surface area (Å²) in [5.41, 5.74) is -2.98. The monoisotopic (exact) mass is 861 g/mol. The van der Waals surface area contributed by atoms with Crippen LogP contribution in [0.15, 0.2) is 24.3 Å². The van der Waals surface area contributed by atoms with Crippen LogP contribution < -0.4 is 0 Å². The van der Waals surface area contributed by atoms with Crippen molar-refractivity contribution in [2.45, 2.75) is 241 Å². The van der Waals surface area contributed by atoms with E-state index < -0.39 is 11.8 Å². The van der Waals surface area contributed by atoms with Gasteiger partial charge in [-0.25, -0.2) is 0 Å². The first-order valence-electron chi connectivity index (χ1n) is 21.2. The maximum atomic E-state index is 12.8. The number of carbonyl (C=O) groups is 2. The summed E-state index contributed by atoms with van der Waals surface area (Å²) >= 11 is 0. The molecule has 5 aliphatic carbocycles. The Morgan fingerprint density at radius 1 is 0.667 bits per heavy atom. The lowest BCUT2D eigenvalue weighted by molar-refractivity contribution is -0.258. The van der Waals surface area contributed by atoms with Crippen molar-refractivity contribution in [1.29, 1.82) is 0 Å². The van der Waals surface area contributed by atoms with Crippen molar-refractivity contribution in [2.24, 2.45) is 46.3 Å². The highest BCUT2D eigenvalue weighted by molar-refractivity contribution is 5.77. The second-order valence-corrected chi connectivity index (χ2v) is 19.5. The molecule has 358 valence electrons. The van der Waals surface area contributed by atoms with Gasteiger partial charge in [-0.1, -0.05) is 124 Å². The van der Waals surface area contributed by atoms with Gasteiger partial charge in [0, 0.05) is 0 Å². The third-order valence-corrected chi connectivity index (χ3v) is 14.5. The Bertz CT molecular complexity index is 1340. The number of ether oxygens (including phenoxy) is 2. The summed E-state index contributed by atoms with van der Waals surface area (Å²) in [6, 6.07) is 5.97. The first kappa shape index (κ1) is 64.5. The van der Waals surface area contributed by atoms with Crippen LogP contribution in [0.5, 0.6) is 0 Å². The highest BCUT2D eigenvalue weighted by Gasteiger charge is 2.61. The fraction of sp³-hybridized carbons (Fsp3) is 0.846. The van der Waals surface area contributed by atoms with Gasteiger partial charge in [-0.2, -0.15) is 13.2 Å². The van der Waals surface area contributed by atoms with E-state index >= 15 is 0 Å². The second kappa shape index (κ2) is 24.7. The summed E-state index contributed by atoms with van der Waals surface area (Å²) < 4.78 is 50.1. The molecule has 0 saturated heterocycles. The number of alkyl halides is 3. The van der Waals surface area contributed by atoms with E-state index in [-0.39, 0.29) is 84.1 Å². The van der Waals surface area contributed by atoms with E-state index in [1.807, 2.05) is 48.5 Å². The number of aliphatic hydroxyl groups is 1. The van der Waals surface area contributed by atoms with E-state index in [2.05, 4.69) is 34.6 Å². The maximum Gasteiger partial charge on any atom is 0.421 e. The predicted octanol–water partition coefficient (Wildman–Crippen LogP) is 16.5. The maximum absolute atomic E-state index is 12.8. The minimum Gasteiger partial charge on any atom is -0.458 e. The number of hydrogen-bond donors (Lipinski definition) is 1. The van der Waals surface area contributed by atoms with E-state index in [0.29, 0.717) is 29.6 Å². The molecule has 0 aromatic heterocycles. The standard InChI is InChI=1S/C19H32O2.C14H26O2.C13H17F3O.6CH4/c1-6-18(4,5)17(20)21-19(12(2)3)15-8-13-7-14(10-15)11-16(19)9-13;1-6-13(4,5)12(15)16-14(11(2)3)9-7-8-10-14;1-4-9(2)10-5-7-11(8-6-10)12(3,17)13(14,15)16;;;;;;/h12-16H,6-11H2,1-5H3;11H,6-10H2,1-5H3;5-9,17H,4H2,1-3H3;6*1H4. The molecule has 0 heterocycles. The average molecular weight is 861 g/mol. The number of esters is 2. The van der Waals surface area contributed by atoms with Crippen LogP contribution in [0.25, 0.3) is 0 Å². The van der Waals surface area contributed by atoms with Crippen LogP contribution in [0.4, 0.5) is 13.2 Å². The Balaban J connectivity index is -0.000000378. The quantitative estimate of drug-likeness (QED) is 0.224. The highest BCUT2D eigenvalue weighted by atomic mass is 19.4. The third kappa shape index (κ3) is 14.0. The van der Waals surface area contributed by atoms with Gasteiger partial charge in [-0.3, -0.25) is 9.59 Å². The summed E-state index contributed by atoms with van der Waals surface area (Å²) in [5, 5.41) is 9.48. The Labute approximate surface area is 370 Å². The molecule has 5 nitrogen and oxygen atoms in total. The van der Waals surface area contributed by atoms with Crippen LogP contribution in [0, 0.1) is 46.3 Å². The van der Waals surface area contributed by atoms with Gasteiger partial charge in [0.1, 0.15) is 11.2 Å². The van der Waals surface area contributed by atoms with Crippen LogP contribution in [-0.4, -0.2) is 34.4 Å². The largest absolute Gasteiger partial charge is 0.458 e. The lowest BCUT2D eigenvalue weighted by atomic mass is 9.47. The van der Waals surface area contributed by atoms with Crippen molar-refractivity contribution in [1.82, 2.24) is 0 Å². The van der Waals surface area contributed by atoms with Crippen molar-refractivity contribution in [3.63, 3.8) is 0 Å². The molecule has 2 atom stereocenters. The molecule has 1 aromatic rings. The van der Waals surface area contributed by atoms with Crippen molar-refractivity contribution < 1.29 is 37.3 Å². The van der Waals surface area contributed by atoms with Gasteiger partial charge >= 0.3 is 18.1 Å². The molecule has 0 radical (unpaired) electrons. The fourth-order valence-corrected chi connectivity index (χ4v) is 9.36. The minimum absolute atomic E-state index is 0. The van der Waals surface area contributed by atoms with Crippen molar-refractivity contribution >= 4 is 11.9 Å². The molecule has 0 aliphatic heterocycles. The molecule has 0 spiro atoms. The zero-order valence-electron chi connectivity index (χ0n) is 36.1. The summed E-state index contributed by atoms with van der Waals surface area (Å²) in [4.78, 5) is 24.9. The molecular formula is C52H99F3O5. The van der Waals surface area contributed by atoms with Gasteiger partial charge in [0.05, 0.1) is 10.8 Å². The predicted molar refractivity (Wildman–Crippen MR) is 252 cm³/mol. The van der Waals surface area contributed by atoms with Crippen molar-refractivity contribution in [3.8, 4) is 0 Å². The molecule has 2 unspecified atom stereocenters. The molecule has 6 rings (SSSR count). The van der Waals surface area contributed by atoms with Gasteiger partial charge in [0.25, 0.3) is 0 Å². The van der Waals surface area contributed by atoms with E-state index in [1.54, 1.807) is 12.1 Å². The number of rotatable bonds is 11. The number of hydrogen-bond acceptors (Lipinski definition) is 5. The summed E-state index contributed by atoms with van der Waals surface area (Å²) in [6.07, 6.45) is 9.03. The van der Waals surface area contributed by atoms with Gasteiger partial charge in [0.2, 0.25) is 0 Å². The first-order valence-corrected chi connectivity index (χ1v) is 21.2. The molecule has 60 heavy (non-hydrogen) atoms. The van der Waals surface area contributed by atoms with Crippen LogP contribution in [0.2, 0.25) is 0 Å². The van der Waals surface area contributed by atoms with Crippen molar-refractivity contribution in [2.75, 3.05) is 0 Å². The zero-order chi connectivity index (χ0) is 41.1. The smallest absolute Gasteiger partial charge is 0.421 e.